The van der Waals surface area contributed by atoms with Gasteiger partial charge in [0.15, 0.2) is 23.3 Å². The van der Waals surface area contributed by atoms with Gasteiger partial charge < -0.3 is 5.32 Å². The van der Waals surface area contributed by atoms with E-state index in [2.05, 4.69) is 15.3 Å². The monoisotopic (exact) mass is 307 g/mol. The lowest BCUT2D eigenvalue weighted by Crippen LogP contribution is -2.07. The number of hydrogen-bond donors (Lipinski definition) is 1. The third kappa shape index (κ3) is 2.57. The quantitative estimate of drug-likeness (QED) is 0.454. The third-order valence-electron chi connectivity index (χ3n) is 3.06. The summed E-state index contributed by atoms with van der Waals surface area (Å²) in [6.07, 6.45) is 1.46. The zero-order valence-corrected chi connectivity index (χ0v) is 11.1. The number of hydrogen-bond acceptors (Lipinski definition) is 3. The molecule has 0 fully saturated rings. The Balaban J connectivity index is 1.85. The van der Waals surface area contributed by atoms with Crippen LogP contribution < -0.4 is 5.32 Å². The van der Waals surface area contributed by atoms with Gasteiger partial charge in [-0.15, -0.1) is 0 Å². The molecule has 3 aromatic rings. The van der Waals surface area contributed by atoms with E-state index in [4.69, 9.17) is 0 Å². The number of para-hydroxylation sites is 2. The average molecular weight is 307 g/mol. The van der Waals surface area contributed by atoms with Crippen molar-refractivity contribution in [3.8, 4) is 0 Å². The van der Waals surface area contributed by atoms with Crippen LogP contribution in [0.25, 0.3) is 11.0 Å². The Morgan fingerprint density at radius 2 is 1.64 bits per heavy atom. The van der Waals surface area contributed by atoms with Crippen molar-refractivity contribution in [2.45, 2.75) is 6.54 Å². The largest absolute Gasteiger partial charge is 0.377 e. The lowest BCUT2D eigenvalue weighted by Gasteiger charge is -2.09. The first-order valence-electron chi connectivity index (χ1n) is 6.34. The lowest BCUT2D eigenvalue weighted by atomic mass is 10.2. The molecule has 0 spiro atoms. The molecule has 3 rings (SSSR count). The molecule has 0 atom stereocenters. The Morgan fingerprint density at radius 3 is 2.41 bits per heavy atom. The molecule has 0 aliphatic carbocycles. The molecule has 1 N–H and O–H groups in total. The van der Waals surface area contributed by atoms with Crippen molar-refractivity contribution < 1.29 is 17.6 Å². The van der Waals surface area contributed by atoms with Crippen LogP contribution in [0.2, 0.25) is 0 Å². The highest BCUT2D eigenvalue weighted by molar-refractivity contribution is 5.73. The van der Waals surface area contributed by atoms with Crippen molar-refractivity contribution in [2.75, 3.05) is 5.32 Å². The normalized spacial score (nSPS) is 10.9. The van der Waals surface area contributed by atoms with Crippen LogP contribution in [0.15, 0.2) is 36.5 Å². The maximum absolute atomic E-state index is 13.5. The van der Waals surface area contributed by atoms with Crippen LogP contribution >= 0.6 is 0 Å². The number of rotatable bonds is 3. The Bertz CT molecular complexity index is 852. The highest BCUT2D eigenvalue weighted by Crippen LogP contribution is 2.23. The Hall–Kier alpha value is -2.70. The molecule has 0 aliphatic rings. The average Bonchev–Trinajstić information content (AvgIpc) is 2.55. The first-order chi connectivity index (χ1) is 10.6. The molecule has 0 bridgehead atoms. The minimum absolute atomic E-state index is 0.0146. The molecule has 2 aromatic carbocycles. The molecule has 0 saturated heterocycles. The number of fused-ring (bicyclic) bond motifs is 1. The lowest BCUT2D eigenvalue weighted by molar-refractivity contribution is 0.411. The number of nitrogens with zero attached hydrogens (tertiary/aromatic N) is 2. The van der Waals surface area contributed by atoms with Gasteiger partial charge in [-0.1, -0.05) is 12.1 Å². The fourth-order valence-corrected chi connectivity index (χ4v) is 1.97. The van der Waals surface area contributed by atoms with Gasteiger partial charge in [0.1, 0.15) is 0 Å². The van der Waals surface area contributed by atoms with Gasteiger partial charge in [0.05, 0.1) is 35.2 Å². The van der Waals surface area contributed by atoms with Gasteiger partial charge in [-0.05, 0) is 12.1 Å². The molecule has 7 heteroatoms. The van der Waals surface area contributed by atoms with E-state index in [1.165, 1.54) is 6.20 Å². The van der Waals surface area contributed by atoms with Crippen molar-refractivity contribution in [3.05, 3.63) is 65.5 Å². The predicted octanol–water partition coefficient (Wildman–Crippen LogP) is 3.80. The second kappa shape index (κ2) is 5.59. The first-order valence-corrected chi connectivity index (χ1v) is 6.34. The van der Waals surface area contributed by atoms with Crippen molar-refractivity contribution in [1.82, 2.24) is 9.97 Å². The van der Waals surface area contributed by atoms with Gasteiger partial charge in [0.25, 0.3) is 0 Å². The number of aromatic nitrogens is 2. The highest BCUT2D eigenvalue weighted by atomic mass is 19.2. The number of benzene rings is 2. The third-order valence-corrected chi connectivity index (χ3v) is 3.06. The second-order valence-corrected chi connectivity index (χ2v) is 4.55. The summed E-state index contributed by atoms with van der Waals surface area (Å²) in [5.74, 6) is -6.64. The van der Waals surface area contributed by atoms with Gasteiger partial charge in [-0.25, -0.2) is 22.5 Å². The SMILES string of the molecule is Fc1cc(NCc2cnc3ccccc3n2)c(F)c(F)c1F. The molecule has 1 heterocycles. The van der Waals surface area contributed by atoms with Gasteiger partial charge in [0, 0.05) is 6.07 Å². The van der Waals surface area contributed by atoms with Gasteiger partial charge >= 0.3 is 0 Å². The van der Waals surface area contributed by atoms with Gasteiger partial charge in [-0.2, -0.15) is 0 Å². The smallest absolute Gasteiger partial charge is 0.199 e. The fraction of sp³-hybridized carbons (Fsp3) is 0.0667. The molecule has 0 amide bonds. The van der Waals surface area contributed by atoms with E-state index in [-0.39, 0.29) is 6.54 Å². The van der Waals surface area contributed by atoms with Crippen molar-refractivity contribution in [1.29, 1.82) is 0 Å². The van der Waals surface area contributed by atoms with E-state index in [1.807, 2.05) is 6.07 Å². The molecule has 0 unspecified atom stereocenters. The number of anilines is 1. The van der Waals surface area contributed by atoms with Crippen LogP contribution in [-0.2, 0) is 6.54 Å². The Labute approximate surface area is 122 Å². The number of halogens is 4. The zero-order valence-electron chi connectivity index (χ0n) is 11.1. The molecule has 0 saturated carbocycles. The Morgan fingerprint density at radius 1 is 0.909 bits per heavy atom. The molecule has 0 aliphatic heterocycles. The van der Waals surface area contributed by atoms with E-state index in [9.17, 15) is 17.6 Å². The number of nitrogens with one attached hydrogen (secondary N) is 1. The summed E-state index contributed by atoms with van der Waals surface area (Å²) in [5.41, 5.74) is 1.30. The Kier molecular flexibility index (Phi) is 3.62. The van der Waals surface area contributed by atoms with E-state index < -0.39 is 29.0 Å². The van der Waals surface area contributed by atoms with E-state index >= 15 is 0 Å². The van der Waals surface area contributed by atoms with Gasteiger partial charge in [0.2, 0.25) is 0 Å². The van der Waals surface area contributed by atoms with E-state index in [1.54, 1.807) is 18.2 Å². The topological polar surface area (TPSA) is 37.8 Å². The zero-order chi connectivity index (χ0) is 15.7. The maximum atomic E-state index is 13.5. The highest BCUT2D eigenvalue weighted by Gasteiger charge is 2.18. The van der Waals surface area contributed by atoms with Crippen LogP contribution in [0.4, 0.5) is 23.2 Å². The molecule has 22 heavy (non-hydrogen) atoms. The van der Waals surface area contributed by atoms with Crippen molar-refractivity contribution in [2.24, 2.45) is 0 Å². The molecule has 112 valence electrons. The van der Waals surface area contributed by atoms with Crippen molar-refractivity contribution in [3.63, 3.8) is 0 Å². The van der Waals surface area contributed by atoms with Crippen LogP contribution in [0.5, 0.6) is 0 Å². The fourth-order valence-electron chi connectivity index (χ4n) is 1.97. The van der Waals surface area contributed by atoms with Crippen LogP contribution in [0.3, 0.4) is 0 Å². The summed E-state index contributed by atoms with van der Waals surface area (Å²) in [5, 5.41) is 2.48. The minimum atomic E-state index is -1.85. The molecule has 3 nitrogen and oxygen atoms in total. The van der Waals surface area contributed by atoms with Crippen LogP contribution in [0, 0.1) is 23.3 Å². The van der Waals surface area contributed by atoms with E-state index in [0.29, 0.717) is 22.8 Å². The molecule has 1 aromatic heterocycles. The summed E-state index contributed by atoms with van der Waals surface area (Å²) in [7, 11) is 0. The summed E-state index contributed by atoms with van der Waals surface area (Å²) in [6.45, 7) is -0.0146. The molecular weight excluding hydrogens is 298 g/mol. The second-order valence-electron chi connectivity index (χ2n) is 4.55. The summed E-state index contributed by atoms with van der Waals surface area (Å²) >= 11 is 0. The van der Waals surface area contributed by atoms with Crippen LogP contribution in [0.1, 0.15) is 5.69 Å². The molecule has 0 radical (unpaired) electrons. The summed E-state index contributed by atoms with van der Waals surface area (Å²) in [6, 6.07) is 7.70. The molecular formula is C15H9F4N3. The first kappa shape index (κ1) is 14.2. The van der Waals surface area contributed by atoms with Crippen molar-refractivity contribution >= 4 is 16.7 Å². The summed E-state index contributed by atoms with van der Waals surface area (Å²) < 4.78 is 52.6. The predicted molar refractivity (Wildman–Crippen MR) is 73.1 cm³/mol. The van der Waals surface area contributed by atoms with Crippen LogP contribution in [-0.4, -0.2) is 9.97 Å². The summed E-state index contributed by atoms with van der Waals surface area (Å²) in [4.78, 5) is 8.43. The standard InChI is InChI=1S/C15H9F4N3/c16-9-5-12(14(18)15(19)13(9)17)21-7-8-6-20-10-3-1-2-4-11(10)22-8/h1-6,21H,7H2. The van der Waals surface area contributed by atoms with Gasteiger partial charge in [-0.3, -0.25) is 4.98 Å². The minimum Gasteiger partial charge on any atom is -0.377 e. The maximum Gasteiger partial charge on any atom is 0.199 e. The van der Waals surface area contributed by atoms with E-state index in [0.717, 1.165) is 0 Å².